The number of ketones is 2. The molecule has 1 aliphatic rings. The minimum absolute atomic E-state index is 0.207. The fourth-order valence-electron chi connectivity index (χ4n) is 3.72. The Morgan fingerprint density at radius 2 is 1.57 bits per heavy atom. The van der Waals surface area contributed by atoms with Crippen molar-refractivity contribution in [2.24, 2.45) is 0 Å². The third kappa shape index (κ3) is 2.65. The van der Waals surface area contributed by atoms with Crippen LogP contribution in [-0.2, 0) is 0 Å². The molecule has 0 radical (unpaired) electrons. The van der Waals surface area contributed by atoms with Gasteiger partial charge in [-0.2, -0.15) is 0 Å². The number of pyridine rings is 1. The summed E-state index contributed by atoms with van der Waals surface area (Å²) in [5.74, 6) is -0.414. The number of Topliss-reactive ketones (excluding diaryl/α,β-unsaturated/α-hetero) is 2. The molecule has 1 aliphatic carbocycles. The minimum Gasteiger partial charge on any atom is -0.288 e. The molecule has 0 bridgehead atoms. The molecule has 30 heavy (non-hydrogen) atoms. The van der Waals surface area contributed by atoms with E-state index in [4.69, 9.17) is 4.98 Å². The number of thiazole rings is 1. The maximum absolute atomic E-state index is 12.9. The molecule has 0 atom stereocenters. The van der Waals surface area contributed by atoms with Gasteiger partial charge in [0, 0.05) is 34.0 Å². The van der Waals surface area contributed by atoms with Gasteiger partial charge in [-0.25, -0.2) is 4.98 Å². The first-order chi connectivity index (χ1) is 14.7. The zero-order valence-electron chi connectivity index (χ0n) is 15.5. The molecule has 5 aromatic rings. The van der Waals surface area contributed by atoms with Crippen LogP contribution in [0.2, 0.25) is 0 Å². The molecule has 0 N–H and O–H groups in total. The van der Waals surface area contributed by atoms with Crippen molar-refractivity contribution in [3.05, 3.63) is 88.6 Å². The summed E-state index contributed by atoms with van der Waals surface area (Å²) in [5.41, 5.74) is 2.18. The first-order valence-corrected chi connectivity index (χ1v) is 11.0. The Hall–Kier alpha value is -3.48. The number of aromatic nitrogens is 2. The molecular formula is C24H12N2O2S2. The molecule has 0 aliphatic heterocycles. The second kappa shape index (κ2) is 6.52. The first kappa shape index (κ1) is 17.4. The lowest BCUT2D eigenvalue weighted by molar-refractivity contribution is 0.0990. The van der Waals surface area contributed by atoms with Crippen molar-refractivity contribution in [1.29, 1.82) is 0 Å². The van der Waals surface area contributed by atoms with Crippen molar-refractivity contribution in [2.45, 2.75) is 0 Å². The first-order valence-electron chi connectivity index (χ1n) is 9.32. The summed E-state index contributed by atoms with van der Waals surface area (Å²) in [5, 5.41) is 2.83. The third-order valence-corrected chi connectivity index (χ3v) is 7.32. The number of fused-ring (bicyclic) bond motifs is 3. The Bertz CT molecular complexity index is 1440. The van der Waals surface area contributed by atoms with Gasteiger partial charge >= 0.3 is 0 Å². The summed E-state index contributed by atoms with van der Waals surface area (Å²) in [7, 11) is 0. The van der Waals surface area contributed by atoms with Crippen LogP contribution in [0.5, 0.6) is 0 Å². The van der Waals surface area contributed by atoms with Crippen LogP contribution < -0.4 is 0 Å². The molecule has 2 aromatic carbocycles. The maximum Gasteiger partial charge on any atom is 0.197 e. The summed E-state index contributed by atoms with van der Waals surface area (Å²) in [6, 6.07) is 17.3. The number of thiophene rings is 1. The number of benzene rings is 2. The fourth-order valence-corrected chi connectivity index (χ4v) is 5.88. The number of hydrogen-bond acceptors (Lipinski definition) is 6. The average molecular weight is 425 g/mol. The Labute approximate surface area is 179 Å². The number of carbonyl (C=O) groups is 2. The molecule has 3 aromatic heterocycles. The highest BCUT2D eigenvalue weighted by atomic mass is 32.1. The number of allylic oxidation sites excluding steroid dienone is 1. The maximum atomic E-state index is 12.9. The van der Waals surface area contributed by atoms with Crippen LogP contribution in [0, 0.1) is 0 Å². The third-order valence-electron chi connectivity index (χ3n) is 5.17. The standard InChI is InChI=1S/C24H12N2O2S2/c27-21-17-8-13-4-1-2-5-14(13)9-18(17)22(28)19(21)10-16-11-20-24(29-16)26-23(30-20)15-6-3-7-25-12-15/h1-12H. The molecule has 0 saturated heterocycles. The van der Waals surface area contributed by atoms with Crippen molar-refractivity contribution in [1.82, 2.24) is 9.97 Å². The molecule has 0 saturated carbocycles. The quantitative estimate of drug-likeness (QED) is 0.256. The number of hydrogen-bond donors (Lipinski definition) is 0. The van der Waals surface area contributed by atoms with Gasteiger partial charge in [0.15, 0.2) is 11.6 Å². The summed E-state index contributed by atoms with van der Waals surface area (Å²) in [4.78, 5) is 36.5. The van der Waals surface area contributed by atoms with Crippen LogP contribution in [0.4, 0.5) is 0 Å². The highest BCUT2D eigenvalue weighted by Crippen LogP contribution is 2.37. The van der Waals surface area contributed by atoms with Crippen molar-refractivity contribution in [3.8, 4) is 10.6 Å². The normalized spacial score (nSPS) is 13.4. The van der Waals surface area contributed by atoms with E-state index in [1.54, 1.807) is 29.8 Å². The van der Waals surface area contributed by atoms with Crippen molar-refractivity contribution in [2.75, 3.05) is 0 Å². The van der Waals surface area contributed by atoms with Crippen molar-refractivity contribution < 1.29 is 9.59 Å². The minimum atomic E-state index is -0.207. The van der Waals surface area contributed by atoms with Gasteiger partial charge in [-0.3, -0.25) is 14.6 Å². The molecule has 0 fully saturated rings. The highest BCUT2D eigenvalue weighted by molar-refractivity contribution is 7.29. The summed E-state index contributed by atoms with van der Waals surface area (Å²) < 4.78 is 1.03. The zero-order valence-corrected chi connectivity index (χ0v) is 17.1. The van der Waals surface area contributed by atoms with Gasteiger partial charge < -0.3 is 0 Å². The largest absolute Gasteiger partial charge is 0.288 e. The van der Waals surface area contributed by atoms with Gasteiger partial charge in [0.25, 0.3) is 0 Å². The zero-order chi connectivity index (χ0) is 20.2. The molecule has 0 spiro atoms. The Kier molecular flexibility index (Phi) is 3.78. The van der Waals surface area contributed by atoms with Gasteiger partial charge in [0.05, 0.1) is 10.3 Å². The van der Waals surface area contributed by atoms with Crippen LogP contribution in [0.1, 0.15) is 25.6 Å². The van der Waals surface area contributed by atoms with Crippen LogP contribution in [0.15, 0.2) is 72.6 Å². The summed E-state index contributed by atoms with van der Waals surface area (Å²) in [6.45, 7) is 0. The molecule has 4 nitrogen and oxygen atoms in total. The second-order valence-electron chi connectivity index (χ2n) is 7.04. The smallest absolute Gasteiger partial charge is 0.197 e. The van der Waals surface area contributed by atoms with E-state index in [1.807, 2.05) is 54.6 Å². The van der Waals surface area contributed by atoms with Crippen LogP contribution in [-0.4, -0.2) is 21.5 Å². The molecule has 6 heteroatoms. The van der Waals surface area contributed by atoms with Crippen molar-refractivity contribution >= 4 is 60.6 Å². The van der Waals surface area contributed by atoms with E-state index in [-0.39, 0.29) is 17.1 Å². The van der Waals surface area contributed by atoms with E-state index >= 15 is 0 Å². The molecule has 6 rings (SSSR count). The lowest BCUT2D eigenvalue weighted by Gasteiger charge is -2.00. The van der Waals surface area contributed by atoms with Gasteiger partial charge in [0.1, 0.15) is 9.84 Å². The molecular weight excluding hydrogens is 412 g/mol. The molecule has 3 heterocycles. The monoisotopic (exact) mass is 424 g/mol. The van der Waals surface area contributed by atoms with E-state index in [2.05, 4.69) is 4.98 Å². The lowest BCUT2D eigenvalue weighted by atomic mass is 10.0. The van der Waals surface area contributed by atoms with Crippen LogP contribution in [0.25, 0.3) is 36.9 Å². The number of rotatable bonds is 2. The van der Waals surface area contributed by atoms with E-state index < -0.39 is 0 Å². The van der Waals surface area contributed by atoms with Gasteiger partial charge in [-0.1, -0.05) is 24.3 Å². The molecule has 0 unspecified atom stereocenters. The van der Waals surface area contributed by atoms with E-state index in [1.165, 1.54) is 11.3 Å². The second-order valence-corrected chi connectivity index (χ2v) is 9.13. The Balaban J connectivity index is 1.39. The van der Waals surface area contributed by atoms with E-state index in [9.17, 15) is 9.59 Å². The lowest BCUT2D eigenvalue weighted by Crippen LogP contribution is -1.99. The van der Waals surface area contributed by atoms with E-state index in [0.717, 1.165) is 35.8 Å². The topological polar surface area (TPSA) is 59.9 Å². The van der Waals surface area contributed by atoms with Gasteiger partial charge in [-0.05, 0) is 47.2 Å². The predicted molar refractivity (Wildman–Crippen MR) is 121 cm³/mol. The fraction of sp³-hybridized carbons (Fsp3) is 0. The van der Waals surface area contributed by atoms with Crippen molar-refractivity contribution in [3.63, 3.8) is 0 Å². The van der Waals surface area contributed by atoms with Gasteiger partial charge in [0.2, 0.25) is 0 Å². The van der Waals surface area contributed by atoms with Gasteiger partial charge in [-0.15, -0.1) is 22.7 Å². The van der Waals surface area contributed by atoms with Crippen LogP contribution in [0.3, 0.4) is 0 Å². The number of carbonyl (C=O) groups excluding carboxylic acids is 2. The summed E-state index contributed by atoms with van der Waals surface area (Å²) >= 11 is 3.06. The highest BCUT2D eigenvalue weighted by Gasteiger charge is 2.33. The molecule has 142 valence electrons. The van der Waals surface area contributed by atoms with E-state index in [0.29, 0.717) is 11.1 Å². The SMILES string of the molecule is O=C1C(=Cc2cc3sc(-c4cccnc4)nc3s2)C(=O)c2cc3ccccc3cc21. The Morgan fingerprint density at radius 1 is 0.833 bits per heavy atom. The predicted octanol–water partition coefficient (Wildman–Crippen LogP) is 6.04. The molecule has 0 amide bonds. The Morgan fingerprint density at radius 3 is 2.20 bits per heavy atom. The average Bonchev–Trinajstić information content (AvgIpc) is 3.41. The van der Waals surface area contributed by atoms with Crippen LogP contribution >= 0.6 is 22.7 Å². The number of nitrogens with zero attached hydrogens (tertiary/aromatic N) is 2. The summed E-state index contributed by atoms with van der Waals surface area (Å²) in [6.07, 6.45) is 5.24.